The molecular formula is C14H9BrF2N2S. The molecule has 1 aromatic heterocycles. The van der Waals surface area contributed by atoms with Gasteiger partial charge in [0.2, 0.25) is 0 Å². The third kappa shape index (κ3) is 2.09. The average molecular weight is 355 g/mol. The molecule has 0 bridgehead atoms. The first-order valence-corrected chi connectivity index (χ1v) is 7.04. The Morgan fingerprint density at radius 1 is 1.20 bits per heavy atom. The van der Waals surface area contributed by atoms with Crippen molar-refractivity contribution in [1.29, 1.82) is 0 Å². The number of rotatable bonds is 1. The van der Waals surface area contributed by atoms with E-state index in [4.69, 9.17) is 12.2 Å². The number of nitrogens with zero attached hydrogens (tertiary/aromatic N) is 1. The van der Waals surface area contributed by atoms with Crippen LogP contribution >= 0.6 is 28.1 Å². The molecule has 0 saturated carbocycles. The van der Waals surface area contributed by atoms with Crippen molar-refractivity contribution in [2.45, 2.75) is 6.92 Å². The lowest BCUT2D eigenvalue weighted by Crippen LogP contribution is -1.98. The summed E-state index contributed by atoms with van der Waals surface area (Å²) in [5, 5.41) is 0. The fraction of sp³-hybridized carbons (Fsp3) is 0.0714. The smallest absolute Gasteiger partial charge is 0.182 e. The molecule has 1 heterocycles. The number of aryl methyl sites for hydroxylation is 1. The Morgan fingerprint density at radius 3 is 2.70 bits per heavy atom. The number of H-pyrrole nitrogens is 1. The Hall–Kier alpha value is -1.53. The highest BCUT2D eigenvalue weighted by atomic mass is 79.9. The second kappa shape index (κ2) is 4.79. The molecule has 3 aromatic rings. The minimum Gasteiger partial charge on any atom is -0.330 e. The van der Waals surface area contributed by atoms with Gasteiger partial charge in [0.15, 0.2) is 4.77 Å². The molecule has 0 aliphatic carbocycles. The quantitative estimate of drug-likeness (QED) is 0.607. The molecule has 0 atom stereocenters. The van der Waals surface area contributed by atoms with Crippen LogP contribution < -0.4 is 0 Å². The number of hydrogen-bond acceptors (Lipinski definition) is 1. The SMILES string of the molecule is Cc1cc(Br)c(F)cc1-n1c(=S)[nH]c2cc(F)ccc21. The highest BCUT2D eigenvalue weighted by Gasteiger charge is 2.12. The summed E-state index contributed by atoms with van der Waals surface area (Å²) in [5.74, 6) is -0.719. The molecule has 102 valence electrons. The van der Waals surface area contributed by atoms with Crippen molar-refractivity contribution in [2.75, 3.05) is 0 Å². The van der Waals surface area contributed by atoms with Gasteiger partial charge < -0.3 is 4.98 Å². The van der Waals surface area contributed by atoms with E-state index in [-0.39, 0.29) is 11.6 Å². The van der Waals surface area contributed by atoms with Gasteiger partial charge in [-0.3, -0.25) is 4.57 Å². The molecule has 0 aliphatic heterocycles. The Balaban J connectivity index is 2.38. The third-order valence-corrected chi connectivity index (χ3v) is 4.02. The number of nitrogens with one attached hydrogen (secondary N) is 1. The van der Waals surface area contributed by atoms with E-state index in [0.717, 1.165) is 5.56 Å². The molecule has 0 fully saturated rings. The predicted molar refractivity (Wildman–Crippen MR) is 80.8 cm³/mol. The first-order chi connectivity index (χ1) is 9.47. The minimum atomic E-state index is -0.371. The molecular weight excluding hydrogens is 346 g/mol. The molecule has 0 unspecified atom stereocenters. The Labute approximate surface area is 127 Å². The number of aromatic amines is 1. The van der Waals surface area contributed by atoms with Gasteiger partial charge in [0.25, 0.3) is 0 Å². The molecule has 2 nitrogen and oxygen atoms in total. The summed E-state index contributed by atoms with van der Waals surface area (Å²) in [5.41, 5.74) is 2.78. The van der Waals surface area contributed by atoms with E-state index in [2.05, 4.69) is 20.9 Å². The van der Waals surface area contributed by atoms with Crippen LogP contribution in [-0.4, -0.2) is 9.55 Å². The lowest BCUT2D eigenvalue weighted by molar-refractivity contribution is 0.619. The predicted octanol–water partition coefficient (Wildman–Crippen LogP) is 5.04. The van der Waals surface area contributed by atoms with Crippen LogP contribution in [0.2, 0.25) is 0 Å². The first-order valence-electron chi connectivity index (χ1n) is 5.83. The number of fused-ring (bicyclic) bond motifs is 1. The van der Waals surface area contributed by atoms with Gasteiger partial charge in [0.1, 0.15) is 11.6 Å². The van der Waals surface area contributed by atoms with Crippen molar-refractivity contribution < 1.29 is 8.78 Å². The van der Waals surface area contributed by atoms with E-state index < -0.39 is 0 Å². The summed E-state index contributed by atoms with van der Waals surface area (Å²) >= 11 is 8.42. The maximum absolute atomic E-state index is 13.8. The lowest BCUT2D eigenvalue weighted by Gasteiger charge is -2.09. The van der Waals surface area contributed by atoms with Gasteiger partial charge in [-0.25, -0.2) is 8.78 Å². The fourth-order valence-corrected chi connectivity index (χ4v) is 2.96. The fourth-order valence-electron chi connectivity index (χ4n) is 2.20. The van der Waals surface area contributed by atoms with Crippen LogP contribution in [0.25, 0.3) is 16.7 Å². The average Bonchev–Trinajstić information content (AvgIpc) is 2.69. The Kier molecular flexibility index (Phi) is 3.22. The Morgan fingerprint density at radius 2 is 1.95 bits per heavy atom. The van der Waals surface area contributed by atoms with Crippen molar-refractivity contribution in [2.24, 2.45) is 0 Å². The molecule has 3 rings (SSSR count). The van der Waals surface area contributed by atoms with E-state index in [1.165, 1.54) is 18.2 Å². The van der Waals surface area contributed by atoms with Gasteiger partial charge >= 0.3 is 0 Å². The van der Waals surface area contributed by atoms with Crippen molar-refractivity contribution >= 4 is 39.2 Å². The number of imidazole rings is 1. The van der Waals surface area contributed by atoms with Crippen LogP contribution in [0.3, 0.4) is 0 Å². The molecule has 0 radical (unpaired) electrons. The van der Waals surface area contributed by atoms with E-state index in [9.17, 15) is 8.78 Å². The summed E-state index contributed by atoms with van der Waals surface area (Å²) in [7, 11) is 0. The van der Waals surface area contributed by atoms with E-state index in [1.54, 1.807) is 16.7 Å². The third-order valence-electron chi connectivity index (χ3n) is 3.12. The number of benzene rings is 2. The first kappa shape index (κ1) is 13.5. The van der Waals surface area contributed by atoms with Gasteiger partial charge in [0, 0.05) is 0 Å². The number of aromatic nitrogens is 2. The standard InChI is InChI=1S/C14H9BrF2N2S/c1-7-4-9(15)10(17)6-13(7)19-12-3-2-8(16)5-11(12)18-14(19)20/h2-6H,1H3,(H,18,20). The van der Waals surface area contributed by atoms with Gasteiger partial charge in [-0.1, -0.05) is 0 Å². The highest BCUT2D eigenvalue weighted by molar-refractivity contribution is 9.10. The Bertz CT molecular complexity index is 883. The summed E-state index contributed by atoms with van der Waals surface area (Å²) in [6.07, 6.45) is 0. The van der Waals surface area contributed by atoms with Crippen LogP contribution in [0.4, 0.5) is 8.78 Å². The van der Waals surface area contributed by atoms with Crippen molar-refractivity contribution in [3.8, 4) is 5.69 Å². The highest BCUT2D eigenvalue weighted by Crippen LogP contribution is 2.27. The topological polar surface area (TPSA) is 20.7 Å². The van der Waals surface area contributed by atoms with Crippen LogP contribution in [0, 0.1) is 23.3 Å². The van der Waals surface area contributed by atoms with Gasteiger partial charge in [0.05, 0.1) is 21.2 Å². The van der Waals surface area contributed by atoms with Gasteiger partial charge in [-0.15, -0.1) is 0 Å². The van der Waals surface area contributed by atoms with E-state index >= 15 is 0 Å². The van der Waals surface area contributed by atoms with Crippen molar-refractivity contribution in [3.63, 3.8) is 0 Å². The molecule has 0 amide bonds. The zero-order valence-corrected chi connectivity index (χ0v) is 12.8. The number of hydrogen-bond donors (Lipinski definition) is 1. The monoisotopic (exact) mass is 354 g/mol. The second-order valence-electron chi connectivity index (χ2n) is 4.48. The molecule has 0 spiro atoms. The van der Waals surface area contributed by atoms with Gasteiger partial charge in [-0.05, 0) is 71.0 Å². The van der Waals surface area contributed by atoms with Crippen molar-refractivity contribution in [1.82, 2.24) is 9.55 Å². The zero-order valence-electron chi connectivity index (χ0n) is 10.4. The second-order valence-corrected chi connectivity index (χ2v) is 5.72. The van der Waals surface area contributed by atoms with Crippen LogP contribution in [-0.2, 0) is 0 Å². The maximum atomic E-state index is 13.8. The summed E-state index contributed by atoms with van der Waals surface area (Å²) in [6, 6.07) is 7.44. The molecule has 0 aliphatic rings. The van der Waals surface area contributed by atoms with Gasteiger partial charge in [-0.2, -0.15) is 0 Å². The molecule has 0 saturated heterocycles. The summed E-state index contributed by atoms with van der Waals surface area (Å²) < 4.78 is 29.5. The molecule has 1 N–H and O–H groups in total. The van der Waals surface area contributed by atoms with E-state index in [0.29, 0.717) is 26.0 Å². The van der Waals surface area contributed by atoms with Crippen LogP contribution in [0.5, 0.6) is 0 Å². The molecule has 6 heteroatoms. The molecule has 2 aromatic carbocycles. The zero-order chi connectivity index (χ0) is 14.4. The van der Waals surface area contributed by atoms with Crippen LogP contribution in [0.15, 0.2) is 34.8 Å². The lowest BCUT2D eigenvalue weighted by atomic mass is 10.2. The van der Waals surface area contributed by atoms with Crippen LogP contribution in [0.1, 0.15) is 5.56 Å². The number of halogens is 3. The van der Waals surface area contributed by atoms with Crippen molar-refractivity contribution in [3.05, 3.63) is 56.8 Å². The summed E-state index contributed by atoms with van der Waals surface area (Å²) in [6.45, 7) is 1.86. The minimum absolute atomic E-state index is 0.348. The summed E-state index contributed by atoms with van der Waals surface area (Å²) in [4.78, 5) is 2.93. The normalized spacial score (nSPS) is 11.2. The largest absolute Gasteiger partial charge is 0.330 e. The maximum Gasteiger partial charge on any atom is 0.182 e. The molecule has 20 heavy (non-hydrogen) atoms. The van der Waals surface area contributed by atoms with E-state index in [1.807, 2.05) is 6.92 Å².